The van der Waals surface area contributed by atoms with Crippen molar-refractivity contribution in [2.75, 3.05) is 11.9 Å². The third-order valence-corrected chi connectivity index (χ3v) is 4.27. The van der Waals surface area contributed by atoms with Gasteiger partial charge >= 0.3 is 6.03 Å². The average Bonchev–Trinajstić information content (AvgIpc) is 3.24. The fourth-order valence-electron chi connectivity index (χ4n) is 2.28. The molecular weight excluding hydrogens is 322 g/mol. The van der Waals surface area contributed by atoms with Gasteiger partial charge in [-0.1, -0.05) is 12.1 Å². The van der Waals surface area contributed by atoms with Crippen LogP contribution in [0.25, 0.3) is 11.3 Å². The van der Waals surface area contributed by atoms with Gasteiger partial charge in [-0.2, -0.15) is 0 Å². The Balaban J connectivity index is 1.44. The van der Waals surface area contributed by atoms with E-state index in [9.17, 15) is 4.79 Å². The first-order valence-electron chi connectivity index (χ1n) is 7.74. The van der Waals surface area contributed by atoms with E-state index in [-0.39, 0.29) is 6.03 Å². The molecule has 0 atom stereocenters. The van der Waals surface area contributed by atoms with Crippen molar-refractivity contribution in [3.05, 3.63) is 53.4 Å². The SMILES string of the molecule is Cc1nc(-c2ccc(NC(=O)NCCCn3ccnc3)cc2)cs1. The smallest absolute Gasteiger partial charge is 0.319 e. The second-order valence-electron chi connectivity index (χ2n) is 5.36. The predicted molar refractivity (Wildman–Crippen MR) is 96.2 cm³/mol. The standard InChI is InChI=1S/C17H19N5OS/c1-13-20-16(11-24-13)14-3-5-15(6-4-14)21-17(23)19-7-2-9-22-10-8-18-12-22/h3-6,8,10-12H,2,7,9H2,1H3,(H2,19,21,23). The quantitative estimate of drug-likeness (QED) is 0.674. The summed E-state index contributed by atoms with van der Waals surface area (Å²) in [5.41, 5.74) is 2.77. The second kappa shape index (κ2) is 7.74. The first kappa shape index (κ1) is 16.2. The lowest BCUT2D eigenvalue weighted by molar-refractivity contribution is 0.252. The lowest BCUT2D eigenvalue weighted by atomic mass is 10.1. The Bertz CT molecular complexity index is 780. The maximum Gasteiger partial charge on any atom is 0.319 e. The van der Waals surface area contributed by atoms with Crippen LogP contribution in [0.15, 0.2) is 48.4 Å². The molecule has 0 unspecified atom stereocenters. The number of imidazole rings is 1. The summed E-state index contributed by atoms with van der Waals surface area (Å²) in [6.45, 7) is 3.43. The van der Waals surface area contributed by atoms with Crippen LogP contribution in [-0.2, 0) is 6.54 Å². The van der Waals surface area contributed by atoms with E-state index < -0.39 is 0 Å². The van der Waals surface area contributed by atoms with E-state index in [0.29, 0.717) is 6.54 Å². The molecule has 2 amide bonds. The van der Waals surface area contributed by atoms with Crippen molar-refractivity contribution in [1.82, 2.24) is 19.9 Å². The number of benzene rings is 1. The number of anilines is 1. The van der Waals surface area contributed by atoms with Crippen LogP contribution in [0.2, 0.25) is 0 Å². The number of nitrogens with one attached hydrogen (secondary N) is 2. The van der Waals surface area contributed by atoms with Crippen LogP contribution in [-0.4, -0.2) is 27.1 Å². The number of thiazole rings is 1. The average molecular weight is 341 g/mol. The minimum absolute atomic E-state index is 0.196. The van der Waals surface area contributed by atoms with Gasteiger partial charge in [-0.05, 0) is 25.5 Å². The fourth-order valence-corrected chi connectivity index (χ4v) is 2.90. The minimum atomic E-state index is -0.196. The Labute approximate surface area is 144 Å². The van der Waals surface area contributed by atoms with E-state index >= 15 is 0 Å². The summed E-state index contributed by atoms with van der Waals surface area (Å²) in [7, 11) is 0. The highest BCUT2D eigenvalue weighted by molar-refractivity contribution is 7.09. The van der Waals surface area contributed by atoms with Crippen LogP contribution >= 0.6 is 11.3 Å². The summed E-state index contributed by atoms with van der Waals surface area (Å²) in [6.07, 6.45) is 6.28. The van der Waals surface area contributed by atoms with Crippen molar-refractivity contribution >= 4 is 23.1 Å². The van der Waals surface area contributed by atoms with Crippen molar-refractivity contribution in [2.45, 2.75) is 19.9 Å². The Morgan fingerprint density at radius 1 is 1.29 bits per heavy atom. The Kier molecular flexibility index (Phi) is 5.22. The van der Waals surface area contributed by atoms with Crippen LogP contribution in [0.3, 0.4) is 0 Å². The Hall–Kier alpha value is -2.67. The summed E-state index contributed by atoms with van der Waals surface area (Å²) < 4.78 is 1.98. The van der Waals surface area contributed by atoms with E-state index in [0.717, 1.165) is 34.9 Å². The maximum atomic E-state index is 11.9. The highest BCUT2D eigenvalue weighted by Crippen LogP contribution is 2.22. The summed E-state index contributed by atoms with van der Waals surface area (Å²) in [4.78, 5) is 20.3. The molecule has 0 bridgehead atoms. The van der Waals surface area contributed by atoms with Crippen molar-refractivity contribution in [1.29, 1.82) is 0 Å². The van der Waals surface area contributed by atoms with E-state index in [2.05, 4.69) is 20.6 Å². The number of rotatable bonds is 6. The molecule has 0 aliphatic heterocycles. The van der Waals surface area contributed by atoms with Gasteiger partial charge in [0.15, 0.2) is 0 Å². The fraction of sp³-hybridized carbons (Fsp3) is 0.235. The van der Waals surface area contributed by atoms with Crippen LogP contribution in [0, 0.1) is 6.92 Å². The summed E-state index contributed by atoms with van der Waals surface area (Å²) in [6, 6.07) is 7.49. The van der Waals surface area contributed by atoms with E-state index in [1.807, 2.05) is 47.3 Å². The zero-order chi connectivity index (χ0) is 16.8. The Morgan fingerprint density at radius 2 is 2.12 bits per heavy atom. The third-order valence-electron chi connectivity index (χ3n) is 3.50. The van der Waals surface area contributed by atoms with Gasteiger partial charge < -0.3 is 15.2 Å². The van der Waals surface area contributed by atoms with Crippen molar-refractivity contribution in [3.8, 4) is 11.3 Å². The molecule has 6 nitrogen and oxygen atoms in total. The van der Waals surface area contributed by atoms with Crippen LogP contribution in [0.4, 0.5) is 10.5 Å². The van der Waals surface area contributed by atoms with Gasteiger partial charge in [-0.25, -0.2) is 14.8 Å². The molecule has 2 aromatic heterocycles. The lowest BCUT2D eigenvalue weighted by Gasteiger charge is -2.08. The zero-order valence-corrected chi connectivity index (χ0v) is 14.2. The summed E-state index contributed by atoms with van der Waals surface area (Å²) in [5.74, 6) is 0. The van der Waals surface area contributed by atoms with Gasteiger partial charge in [0.2, 0.25) is 0 Å². The first-order valence-corrected chi connectivity index (χ1v) is 8.62. The highest BCUT2D eigenvalue weighted by Gasteiger charge is 2.04. The van der Waals surface area contributed by atoms with Gasteiger partial charge in [-0.15, -0.1) is 11.3 Å². The summed E-state index contributed by atoms with van der Waals surface area (Å²) in [5, 5.41) is 8.76. The number of carbonyl (C=O) groups is 1. The van der Waals surface area contributed by atoms with Gasteiger partial charge in [-0.3, -0.25) is 0 Å². The predicted octanol–water partition coefficient (Wildman–Crippen LogP) is 3.53. The molecule has 24 heavy (non-hydrogen) atoms. The molecule has 0 spiro atoms. The second-order valence-corrected chi connectivity index (χ2v) is 6.43. The molecule has 7 heteroatoms. The molecule has 0 aliphatic carbocycles. The number of aryl methyl sites for hydroxylation is 2. The number of hydrogen-bond acceptors (Lipinski definition) is 4. The number of urea groups is 1. The monoisotopic (exact) mass is 341 g/mol. The first-order chi connectivity index (χ1) is 11.7. The Morgan fingerprint density at radius 3 is 2.79 bits per heavy atom. The number of nitrogens with zero attached hydrogens (tertiary/aromatic N) is 3. The van der Waals surface area contributed by atoms with Crippen molar-refractivity contribution < 1.29 is 4.79 Å². The van der Waals surface area contributed by atoms with Crippen molar-refractivity contribution in [3.63, 3.8) is 0 Å². The largest absolute Gasteiger partial charge is 0.338 e. The van der Waals surface area contributed by atoms with Gasteiger partial charge in [0.05, 0.1) is 17.0 Å². The topological polar surface area (TPSA) is 71.8 Å². The third kappa shape index (κ3) is 4.42. The molecular formula is C17H19N5OS. The van der Waals surface area contributed by atoms with Gasteiger partial charge in [0.1, 0.15) is 0 Å². The van der Waals surface area contributed by atoms with Gasteiger partial charge in [0, 0.05) is 42.1 Å². The molecule has 0 fully saturated rings. The molecule has 0 saturated carbocycles. The zero-order valence-electron chi connectivity index (χ0n) is 13.4. The summed E-state index contributed by atoms with van der Waals surface area (Å²) >= 11 is 1.63. The maximum absolute atomic E-state index is 11.9. The van der Waals surface area contributed by atoms with Crippen LogP contribution < -0.4 is 10.6 Å². The molecule has 1 aromatic carbocycles. The molecule has 0 saturated heterocycles. The van der Waals surface area contributed by atoms with E-state index in [1.54, 1.807) is 23.9 Å². The molecule has 2 N–H and O–H groups in total. The van der Waals surface area contributed by atoms with E-state index in [1.165, 1.54) is 0 Å². The molecule has 3 rings (SSSR count). The highest BCUT2D eigenvalue weighted by atomic mass is 32.1. The molecule has 124 valence electrons. The number of amides is 2. The number of carbonyl (C=O) groups excluding carboxylic acids is 1. The number of hydrogen-bond donors (Lipinski definition) is 2. The molecule has 0 aliphatic rings. The van der Waals surface area contributed by atoms with Crippen LogP contribution in [0.5, 0.6) is 0 Å². The molecule has 0 radical (unpaired) electrons. The molecule has 3 aromatic rings. The lowest BCUT2D eigenvalue weighted by Crippen LogP contribution is -2.29. The molecule has 2 heterocycles. The van der Waals surface area contributed by atoms with Gasteiger partial charge in [0.25, 0.3) is 0 Å². The minimum Gasteiger partial charge on any atom is -0.338 e. The van der Waals surface area contributed by atoms with Crippen molar-refractivity contribution in [2.24, 2.45) is 0 Å². The normalized spacial score (nSPS) is 10.5. The van der Waals surface area contributed by atoms with E-state index in [4.69, 9.17) is 0 Å². The van der Waals surface area contributed by atoms with Crippen LogP contribution in [0.1, 0.15) is 11.4 Å². The number of aromatic nitrogens is 3.